The summed E-state index contributed by atoms with van der Waals surface area (Å²) in [6.45, 7) is 3.55. The summed E-state index contributed by atoms with van der Waals surface area (Å²) in [4.78, 5) is 13.2. The van der Waals surface area contributed by atoms with E-state index < -0.39 is 0 Å². The third-order valence-electron chi connectivity index (χ3n) is 4.03. The van der Waals surface area contributed by atoms with Crippen LogP contribution in [0.1, 0.15) is 12.5 Å². The van der Waals surface area contributed by atoms with E-state index in [9.17, 15) is 4.79 Å². The number of benzene rings is 2. The van der Waals surface area contributed by atoms with E-state index >= 15 is 0 Å². The molecule has 0 aliphatic carbocycles. The molecule has 5 heteroatoms. The third kappa shape index (κ3) is 2.65. The van der Waals surface area contributed by atoms with Crippen LogP contribution >= 0.6 is 0 Å². The molecule has 23 heavy (non-hydrogen) atoms. The van der Waals surface area contributed by atoms with Gasteiger partial charge in [0.2, 0.25) is 5.91 Å². The van der Waals surface area contributed by atoms with Gasteiger partial charge in [-0.3, -0.25) is 4.79 Å². The number of carbonyl (C=O) groups is 1. The summed E-state index contributed by atoms with van der Waals surface area (Å²) in [5, 5.41) is 4.76. The van der Waals surface area contributed by atoms with Gasteiger partial charge in [-0.1, -0.05) is 5.16 Å². The van der Waals surface area contributed by atoms with Crippen LogP contribution in [0.2, 0.25) is 0 Å². The van der Waals surface area contributed by atoms with Gasteiger partial charge in [-0.25, -0.2) is 0 Å². The molecule has 0 aliphatic heterocycles. The van der Waals surface area contributed by atoms with Crippen molar-refractivity contribution in [1.82, 2.24) is 5.16 Å². The zero-order valence-electron chi connectivity index (χ0n) is 13.6. The number of fused-ring (bicyclic) bond motifs is 1. The molecule has 0 unspecified atom stereocenters. The second-order valence-corrected chi connectivity index (χ2v) is 5.49. The Bertz CT molecular complexity index is 883. The number of ether oxygens (including phenoxy) is 1. The molecule has 1 heterocycles. The highest BCUT2D eigenvalue weighted by atomic mass is 16.5. The molecule has 1 aromatic heterocycles. The number of amides is 1. The smallest absolute Gasteiger partial charge is 0.223 e. The van der Waals surface area contributed by atoms with E-state index in [0.717, 1.165) is 39.1 Å². The summed E-state index contributed by atoms with van der Waals surface area (Å²) >= 11 is 0. The van der Waals surface area contributed by atoms with E-state index in [-0.39, 0.29) is 5.91 Å². The van der Waals surface area contributed by atoms with Crippen LogP contribution in [0.3, 0.4) is 0 Å². The molecular weight excluding hydrogens is 292 g/mol. The van der Waals surface area contributed by atoms with Gasteiger partial charge in [0.25, 0.3) is 0 Å². The van der Waals surface area contributed by atoms with Crippen molar-refractivity contribution >= 4 is 22.6 Å². The van der Waals surface area contributed by atoms with Crippen molar-refractivity contribution in [1.29, 1.82) is 0 Å². The van der Waals surface area contributed by atoms with Crippen molar-refractivity contribution in [2.75, 3.05) is 19.1 Å². The molecule has 0 saturated heterocycles. The van der Waals surface area contributed by atoms with Crippen LogP contribution in [0.25, 0.3) is 22.1 Å². The summed E-state index contributed by atoms with van der Waals surface area (Å²) < 4.78 is 10.7. The number of anilines is 1. The predicted octanol–water partition coefficient (Wildman–Crippen LogP) is 3.79. The standard InChI is InChI=1S/C18H18N2O3/c1-11-7-18-13(10-19-23-18)8-15(11)16-9-14(20(3)12(2)21)5-6-17(16)22-4/h5-10H,1-4H3. The molecule has 0 radical (unpaired) electrons. The molecule has 5 nitrogen and oxygen atoms in total. The molecule has 3 rings (SSSR count). The van der Waals surface area contributed by atoms with Crippen molar-refractivity contribution in [3.8, 4) is 16.9 Å². The van der Waals surface area contributed by atoms with E-state index in [1.807, 2.05) is 37.3 Å². The normalized spacial score (nSPS) is 10.8. The predicted molar refractivity (Wildman–Crippen MR) is 89.8 cm³/mol. The van der Waals surface area contributed by atoms with Gasteiger partial charge < -0.3 is 14.2 Å². The maximum atomic E-state index is 11.6. The lowest BCUT2D eigenvalue weighted by molar-refractivity contribution is -0.116. The summed E-state index contributed by atoms with van der Waals surface area (Å²) in [7, 11) is 3.39. The Morgan fingerprint density at radius 1 is 1.22 bits per heavy atom. The lowest BCUT2D eigenvalue weighted by atomic mass is 9.97. The lowest BCUT2D eigenvalue weighted by Gasteiger charge is -2.18. The Hall–Kier alpha value is -2.82. The Labute approximate surface area is 134 Å². The first-order valence-electron chi connectivity index (χ1n) is 7.29. The second kappa shape index (κ2) is 5.76. The molecule has 0 bridgehead atoms. The number of nitrogens with zero attached hydrogens (tertiary/aromatic N) is 2. The molecule has 0 spiro atoms. The summed E-state index contributed by atoms with van der Waals surface area (Å²) in [5.41, 5.74) is 4.57. The molecule has 0 N–H and O–H groups in total. The number of carbonyl (C=O) groups excluding carboxylic acids is 1. The fourth-order valence-corrected chi connectivity index (χ4v) is 2.61. The molecule has 118 valence electrons. The molecule has 3 aromatic rings. The van der Waals surface area contributed by atoms with Crippen LogP contribution < -0.4 is 9.64 Å². The Balaban J connectivity index is 2.21. The molecule has 0 saturated carbocycles. The lowest BCUT2D eigenvalue weighted by Crippen LogP contribution is -2.22. The third-order valence-corrected chi connectivity index (χ3v) is 4.03. The number of aryl methyl sites for hydroxylation is 1. The summed E-state index contributed by atoms with van der Waals surface area (Å²) in [6, 6.07) is 9.69. The first kappa shape index (κ1) is 15.1. The van der Waals surface area contributed by atoms with Gasteiger partial charge in [0.05, 0.1) is 13.3 Å². The maximum absolute atomic E-state index is 11.6. The number of aromatic nitrogens is 1. The number of hydrogen-bond acceptors (Lipinski definition) is 4. The fraction of sp³-hybridized carbons (Fsp3) is 0.222. The minimum atomic E-state index is -0.0210. The highest BCUT2D eigenvalue weighted by Gasteiger charge is 2.14. The molecule has 2 aromatic carbocycles. The van der Waals surface area contributed by atoms with Crippen LogP contribution in [0.15, 0.2) is 41.1 Å². The molecule has 0 fully saturated rings. The van der Waals surface area contributed by atoms with Crippen LogP contribution in [0.5, 0.6) is 5.75 Å². The van der Waals surface area contributed by atoms with Gasteiger partial charge in [0.15, 0.2) is 5.58 Å². The summed E-state index contributed by atoms with van der Waals surface area (Å²) in [5.74, 6) is 0.733. The monoisotopic (exact) mass is 310 g/mol. The van der Waals surface area contributed by atoms with Crippen molar-refractivity contribution in [2.45, 2.75) is 13.8 Å². The topological polar surface area (TPSA) is 55.6 Å². The highest BCUT2D eigenvalue weighted by Crippen LogP contribution is 2.37. The number of methoxy groups -OCH3 is 1. The van der Waals surface area contributed by atoms with Gasteiger partial charge in [0.1, 0.15) is 5.75 Å². The Kier molecular flexibility index (Phi) is 3.78. The van der Waals surface area contributed by atoms with Crippen molar-refractivity contribution < 1.29 is 14.1 Å². The average Bonchev–Trinajstić information content (AvgIpc) is 2.99. The largest absolute Gasteiger partial charge is 0.496 e. The molecule has 1 amide bonds. The SMILES string of the molecule is COc1ccc(N(C)C(C)=O)cc1-c1cc2cnoc2cc1C. The van der Waals surface area contributed by atoms with Gasteiger partial charge in [-0.15, -0.1) is 0 Å². The maximum Gasteiger partial charge on any atom is 0.223 e. The van der Waals surface area contributed by atoms with Crippen LogP contribution in [0.4, 0.5) is 5.69 Å². The van der Waals surface area contributed by atoms with E-state index in [1.54, 1.807) is 32.2 Å². The minimum absolute atomic E-state index is 0.0210. The quantitative estimate of drug-likeness (QED) is 0.738. The molecular formula is C18H18N2O3. The zero-order valence-corrected chi connectivity index (χ0v) is 13.6. The fourth-order valence-electron chi connectivity index (χ4n) is 2.61. The molecule has 0 aliphatic rings. The zero-order chi connectivity index (χ0) is 16.6. The van der Waals surface area contributed by atoms with E-state index in [4.69, 9.17) is 9.26 Å². The van der Waals surface area contributed by atoms with Gasteiger partial charge in [0, 0.05) is 30.6 Å². The average molecular weight is 310 g/mol. The number of rotatable bonds is 3. The number of hydrogen-bond donors (Lipinski definition) is 0. The summed E-state index contributed by atoms with van der Waals surface area (Å²) in [6.07, 6.45) is 1.69. The van der Waals surface area contributed by atoms with Crippen molar-refractivity contribution in [3.63, 3.8) is 0 Å². The van der Waals surface area contributed by atoms with E-state index in [2.05, 4.69) is 5.16 Å². The van der Waals surface area contributed by atoms with Gasteiger partial charge in [-0.05, 0) is 48.4 Å². The van der Waals surface area contributed by atoms with E-state index in [0.29, 0.717) is 0 Å². The van der Waals surface area contributed by atoms with Crippen LogP contribution in [-0.4, -0.2) is 25.2 Å². The van der Waals surface area contributed by atoms with Gasteiger partial charge >= 0.3 is 0 Å². The van der Waals surface area contributed by atoms with Crippen molar-refractivity contribution in [3.05, 3.63) is 42.1 Å². The highest BCUT2D eigenvalue weighted by molar-refractivity contribution is 5.93. The van der Waals surface area contributed by atoms with Crippen molar-refractivity contribution in [2.24, 2.45) is 0 Å². The second-order valence-electron chi connectivity index (χ2n) is 5.49. The molecule has 0 atom stereocenters. The van der Waals surface area contributed by atoms with Crippen LogP contribution in [0, 0.1) is 6.92 Å². The Morgan fingerprint density at radius 2 is 2.00 bits per heavy atom. The van der Waals surface area contributed by atoms with Crippen LogP contribution in [-0.2, 0) is 4.79 Å². The van der Waals surface area contributed by atoms with E-state index in [1.165, 1.54) is 0 Å². The van der Waals surface area contributed by atoms with Gasteiger partial charge in [-0.2, -0.15) is 0 Å². The minimum Gasteiger partial charge on any atom is -0.496 e. The first-order chi connectivity index (χ1) is 11.0. The first-order valence-corrected chi connectivity index (χ1v) is 7.29. The Morgan fingerprint density at radius 3 is 2.70 bits per heavy atom.